The fourth-order valence-electron chi connectivity index (χ4n) is 1.10. The number of ether oxygens (including phenoxy) is 1. The molecule has 0 aromatic carbocycles. The summed E-state index contributed by atoms with van der Waals surface area (Å²) < 4.78 is 4.90. The number of aliphatic hydroxyl groups excluding tert-OH is 1. The first-order valence-electron chi connectivity index (χ1n) is 5.43. The van der Waals surface area contributed by atoms with Crippen LogP contribution in [0.4, 0.5) is 4.79 Å². The van der Waals surface area contributed by atoms with Gasteiger partial charge in [0.25, 0.3) is 0 Å². The number of aliphatic carboxylic acids is 1. The zero-order valence-electron chi connectivity index (χ0n) is 10.8. The molecule has 17 heavy (non-hydrogen) atoms. The largest absolute Gasteiger partial charge is 0.548 e. The van der Waals surface area contributed by atoms with Gasteiger partial charge in [0.05, 0.1) is 18.1 Å². The fourth-order valence-corrected chi connectivity index (χ4v) is 1.10. The first kappa shape index (κ1) is 15.7. The number of carboxylic acid groups (broad SMARTS) is 1. The Morgan fingerprint density at radius 3 is 2.06 bits per heavy atom. The maximum atomic E-state index is 11.4. The van der Waals surface area contributed by atoms with Crippen molar-refractivity contribution in [3.05, 3.63) is 0 Å². The minimum Gasteiger partial charge on any atom is -0.548 e. The lowest BCUT2D eigenvalue weighted by Crippen LogP contribution is -2.56. The standard InChI is InChI=1S/C11H21NO5/c1-6(2)8(13)7(9(14)15)12-10(16)17-11(3,4)5/h6-8,13H,1-5H3,(H,12,16)(H,14,15)/p-1/t7-,8+/m1/s1. The number of alkyl carbamates (subject to hydrolysis) is 1. The van der Waals surface area contributed by atoms with Crippen LogP contribution in [-0.4, -0.2) is 34.9 Å². The maximum absolute atomic E-state index is 11.4. The second kappa shape index (κ2) is 5.86. The second-order valence-electron chi connectivity index (χ2n) is 5.18. The zero-order valence-corrected chi connectivity index (χ0v) is 10.8. The van der Waals surface area contributed by atoms with Gasteiger partial charge in [0, 0.05) is 0 Å². The molecule has 0 saturated heterocycles. The van der Waals surface area contributed by atoms with Gasteiger partial charge < -0.3 is 25.1 Å². The molecule has 0 heterocycles. The summed E-state index contributed by atoms with van der Waals surface area (Å²) in [5, 5.41) is 22.5. The number of rotatable bonds is 4. The number of hydrogen-bond donors (Lipinski definition) is 2. The third-order valence-corrected chi connectivity index (χ3v) is 1.95. The van der Waals surface area contributed by atoms with E-state index in [0.717, 1.165) is 0 Å². The Hall–Kier alpha value is -1.30. The SMILES string of the molecule is CC(C)[C@H](O)[C@@H](NC(=O)OC(C)(C)C)C(=O)[O-]. The molecule has 6 heteroatoms. The number of carboxylic acids is 1. The molecule has 2 atom stereocenters. The Balaban J connectivity index is 4.57. The second-order valence-corrected chi connectivity index (χ2v) is 5.18. The van der Waals surface area contributed by atoms with Crippen LogP contribution >= 0.6 is 0 Å². The topological polar surface area (TPSA) is 98.7 Å². The third kappa shape index (κ3) is 6.11. The highest BCUT2D eigenvalue weighted by Crippen LogP contribution is 2.09. The molecule has 2 N–H and O–H groups in total. The lowest BCUT2D eigenvalue weighted by molar-refractivity contribution is -0.310. The molecule has 6 nitrogen and oxygen atoms in total. The van der Waals surface area contributed by atoms with Crippen molar-refractivity contribution < 1.29 is 24.5 Å². The Bertz CT molecular complexity index is 282. The van der Waals surface area contributed by atoms with E-state index in [9.17, 15) is 19.8 Å². The summed E-state index contributed by atoms with van der Waals surface area (Å²) in [4.78, 5) is 22.2. The number of hydrogen-bond acceptors (Lipinski definition) is 5. The van der Waals surface area contributed by atoms with E-state index in [4.69, 9.17) is 4.74 Å². The van der Waals surface area contributed by atoms with Crippen LogP contribution in [0.1, 0.15) is 34.6 Å². The Morgan fingerprint density at radius 2 is 1.76 bits per heavy atom. The van der Waals surface area contributed by atoms with Crippen molar-refractivity contribution in [1.82, 2.24) is 5.32 Å². The average molecular weight is 246 g/mol. The van der Waals surface area contributed by atoms with E-state index >= 15 is 0 Å². The van der Waals surface area contributed by atoms with E-state index in [0.29, 0.717) is 0 Å². The van der Waals surface area contributed by atoms with Gasteiger partial charge in [-0.1, -0.05) is 13.8 Å². The Morgan fingerprint density at radius 1 is 1.29 bits per heavy atom. The van der Waals surface area contributed by atoms with Crippen molar-refractivity contribution in [2.75, 3.05) is 0 Å². The normalized spacial score (nSPS) is 15.2. The summed E-state index contributed by atoms with van der Waals surface area (Å²) in [5.41, 5.74) is -0.733. The Kier molecular flexibility index (Phi) is 5.41. The number of carbonyl (C=O) groups excluding carboxylic acids is 2. The first-order chi connectivity index (χ1) is 7.54. The van der Waals surface area contributed by atoms with Crippen LogP contribution in [0.5, 0.6) is 0 Å². The highest BCUT2D eigenvalue weighted by atomic mass is 16.6. The molecular formula is C11H20NO5-. The summed E-state index contributed by atoms with van der Waals surface area (Å²) in [7, 11) is 0. The van der Waals surface area contributed by atoms with Crippen LogP contribution < -0.4 is 10.4 Å². The van der Waals surface area contributed by atoms with Crippen molar-refractivity contribution in [2.24, 2.45) is 5.92 Å². The van der Waals surface area contributed by atoms with Gasteiger partial charge in [0.1, 0.15) is 5.60 Å². The molecule has 1 amide bonds. The lowest BCUT2D eigenvalue weighted by atomic mass is 10.00. The molecule has 0 aliphatic rings. The summed E-state index contributed by atoms with van der Waals surface area (Å²) in [6, 6.07) is -1.48. The van der Waals surface area contributed by atoms with Crippen LogP contribution in [0.15, 0.2) is 0 Å². The molecule has 0 aromatic rings. The predicted molar refractivity (Wildman–Crippen MR) is 59.0 cm³/mol. The molecule has 0 unspecified atom stereocenters. The van der Waals surface area contributed by atoms with Crippen molar-refractivity contribution in [3.63, 3.8) is 0 Å². The van der Waals surface area contributed by atoms with E-state index in [1.807, 2.05) is 0 Å². The molecular weight excluding hydrogens is 226 g/mol. The molecule has 0 aliphatic carbocycles. The fraction of sp³-hybridized carbons (Fsp3) is 0.818. The van der Waals surface area contributed by atoms with E-state index in [-0.39, 0.29) is 5.92 Å². The van der Waals surface area contributed by atoms with Gasteiger partial charge in [-0.25, -0.2) is 4.79 Å². The first-order valence-corrected chi connectivity index (χ1v) is 5.43. The minimum absolute atomic E-state index is 0.326. The molecule has 0 fully saturated rings. The smallest absolute Gasteiger partial charge is 0.408 e. The van der Waals surface area contributed by atoms with E-state index < -0.39 is 29.8 Å². The van der Waals surface area contributed by atoms with E-state index in [2.05, 4.69) is 5.32 Å². The monoisotopic (exact) mass is 246 g/mol. The number of amides is 1. The number of aliphatic hydroxyl groups is 1. The van der Waals surface area contributed by atoms with Crippen molar-refractivity contribution in [1.29, 1.82) is 0 Å². The van der Waals surface area contributed by atoms with Crippen molar-refractivity contribution in [2.45, 2.75) is 52.4 Å². The van der Waals surface area contributed by atoms with Crippen molar-refractivity contribution in [3.8, 4) is 0 Å². The van der Waals surface area contributed by atoms with Gasteiger partial charge in [-0.2, -0.15) is 0 Å². The lowest BCUT2D eigenvalue weighted by Gasteiger charge is -2.28. The van der Waals surface area contributed by atoms with Crippen LogP contribution in [0.25, 0.3) is 0 Å². The van der Waals surface area contributed by atoms with E-state index in [1.54, 1.807) is 34.6 Å². The quantitative estimate of drug-likeness (QED) is 0.706. The van der Waals surface area contributed by atoms with Gasteiger partial charge in [0.15, 0.2) is 0 Å². The molecule has 100 valence electrons. The summed E-state index contributed by atoms with van der Waals surface area (Å²) in [6.07, 6.45) is -2.13. The maximum Gasteiger partial charge on any atom is 0.408 e. The van der Waals surface area contributed by atoms with Crippen LogP contribution in [0, 0.1) is 5.92 Å². The Labute approximate surface area is 101 Å². The third-order valence-electron chi connectivity index (χ3n) is 1.95. The summed E-state index contributed by atoms with van der Waals surface area (Å²) in [5.74, 6) is -1.87. The van der Waals surface area contributed by atoms with Gasteiger partial charge >= 0.3 is 6.09 Å². The number of nitrogens with one attached hydrogen (secondary N) is 1. The van der Waals surface area contributed by atoms with Crippen LogP contribution in [-0.2, 0) is 9.53 Å². The molecule has 0 radical (unpaired) electrons. The summed E-state index contributed by atoms with van der Waals surface area (Å²) >= 11 is 0. The van der Waals surface area contributed by atoms with Crippen LogP contribution in [0.3, 0.4) is 0 Å². The summed E-state index contributed by atoms with van der Waals surface area (Å²) in [6.45, 7) is 8.23. The molecule has 0 aliphatic heterocycles. The molecule has 0 rings (SSSR count). The van der Waals surface area contributed by atoms with Gasteiger partial charge in [-0.15, -0.1) is 0 Å². The molecule has 0 aromatic heterocycles. The van der Waals surface area contributed by atoms with E-state index in [1.165, 1.54) is 0 Å². The molecule has 0 bridgehead atoms. The van der Waals surface area contributed by atoms with Crippen molar-refractivity contribution >= 4 is 12.1 Å². The predicted octanol–water partition coefficient (Wildman–Crippen LogP) is -0.353. The minimum atomic E-state index is -1.54. The van der Waals surface area contributed by atoms with Gasteiger partial charge in [-0.05, 0) is 26.7 Å². The highest BCUT2D eigenvalue weighted by molar-refractivity contribution is 5.79. The van der Waals surface area contributed by atoms with Crippen LogP contribution in [0.2, 0.25) is 0 Å². The van der Waals surface area contributed by atoms with Gasteiger partial charge in [-0.3, -0.25) is 0 Å². The average Bonchev–Trinajstić information content (AvgIpc) is 2.09. The molecule has 0 saturated carbocycles. The zero-order chi connectivity index (χ0) is 13.8. The number of carbonyl (C=O) groups is 2. The molecule has 0 spiro atoms. The van der Waals surface area contributed by atoms with Gasteiger partial charge in [0.2, 0.25) is 0 Å². The highest BCUT2D eigenvalue weighted by Gasteiger charge is 2.27.